The third kappa shape index (κ3) is 3.45. The van der Waals surface area contributed by atoms with Crippen LogP contribution < -0.4 is 0 Å². The molecule has 0 aromatic heterocycles. The highest BCUT2D eigenvalue weighted by Gasteiger charge is 2.20. The molecule has 86 valence electrons. The zero-order chi connectivity index (χ0) is 11.0. The van der Waals surface area contributed by atoms with Gasteiger partial charge < -0.3 is 0 Å². The molecule has 0 heterocycles. The third-order valence-corrected chi connectivity index (χ3v) is 3.72. The Kier molecular flexibility index (Phi) is 4.29. The molecule has 0 saturated carbocycles. The maximum Gasteiger partial charge on any atom is 0.295 e. The molecule has 0 aliphatic heterocycles. The summed E-state index contributed by atoms with van der Waals surface area (Å²) in [4.78, 5) is -0.995. The first-order chi connectivity index (χ1) is 6.23. The first kappa shape index (κ1) is 14.4. The zero-order valence-corrected chi connectivity index (χ0v) is 10.1. The fourth-order valence-electron chi connectivity index (χ4n) is 0.970. The van der Waals surface area contributed by atoms with Gasteiger partial charge in [-0.05, 0) is 12.1 Å². The largest absolute Gasteiger partial charge is 0.295 e. The van der Waals surface area contributed by atoms with Crippen molar-refractivity contribution in [1.82, 2.24) is 0 Å². The van der Waals surface area contributed by atoms with Crippen molar-refractivity contribution in [3.8, 4) is 0 Å². The number of hydrogen-bond acceptors (Lipinski definition) is 4. The smallest absolute Gasteiger partial charge is 0.282 e. The highest BCUT2D eigenvalue weighted by molar-refractivity contribution is 7.92. The van der Waals surface area contributed by atoms with E-state index in [-0.39, 0.29) is 12.4 Å². The van der Waals surface area contributed by atoms with Crippen LogP contribution >= 0.6 is 12.4 Å². The Morgan fingerprint density at radius 2 is 1.40 bits per heavy atom. The molecule has 0 saturated heterocycles. The molecular weight excluding hydrogens is 264 g/mol. The summed E-state index contributed by atoms with van der Waals surface area (Å²) < 4.78 is 52.6. The summed E-state index contributed by atoms with van der Waals surface area (Å²) >= 11 is 0. The Balaban J connectivity index is 0.00000196. The number of benzene rings is 1. The van der Waals surface area contributed by atoms with Crippen LogP contribution in [0, 0.1) is 0 Å². The molecule has 1 N–H and O–H groups in total. The molecule has 0 aliphatic carbocycles. The van der Waals surface area contributed by atoms with Crippen molar-refractivity contribution in [2.45, 2.75) is 9.79 Å². The van der Waals surface area contributed by atoms with E-state index in [4.69, 9.17) is 4.55 Å². The van der Waals surface area contributed by atoms with E-state index >= 15 is 0 Å². The minimum Gasteiger partial charge on any atom is -0.282 e. The lowest BCUT2D eigenvalue weighted by Gasteiger charge is -2.03. The van der Waals surface area contributed by atoms with Crippen molar-refractivity contribution in [1.29, 1.82) is 0 Å². The summed E-state index contributed by atoms with van der Waals surface area (Å²) in [5.41, 5.74) is 0. The van der Waals surface area contributed by atoms with Gasteiger partial charge in [-0.1, -0.05) is 12.1 Å². The van der Waals surface area contributed by atoms with E-state index in [1.165, 1.54) is 12.1 Å². The zero-order valence-electron chi connectivity index (χ0n) is 7.61. The highest BCUT2D eigenvalue weighted by atomic mass is 35.5. The lowest BCUT2D eigenvalue weighted by atomic mass is 10.4. The highest BCUT2D eigenvalue weighted by Crippen LogP contribution is 2.19. The molecule has 15 heavy (non-hydrogen) atoms. The average Bonchev–Trinajstić information content (AvgIpc) is 2.01. The summed E-state index contributed by atoms with van der Waals surface area (Å²) in [6.45, 7) is 0. The van der Waals surface area contributed by atoms with Crippen LogP contribution in [0.15, 0.2) is 34.1 Å². The molecule has 1 aromatic carbocycles. The molecular formula is C7H9ClO5S2. The van der Waals surface area contributed by atoms with E-state index in [2.05, 4.69) is 0 Å². The first-order valence-corrected chi connectivity index (χ1v) is 6.82. The van der Waals surface area contributed by atoms with Crippen LogP contribution in [-0.2, 0) is 20.0 Å². The Morgan fingerprint density at radius 3 is 1.67 bits per heavy atom. The number of hydrogen-bond donors (Lipinski definition) is 1. The van der Waals surface area contributed by atoms with Crippen LogP contribution in [-0.4, -0.2) is 27.6 Å². The van der Waals surface area contributed by atoms with E-state index in [9.17, 15) is 16.8 Å². The second-order valence-corrected chi connectivity index (χ2v) is 6.07. The molecule has 0 bridgehead atoms. The second kappa shape index (κ2) is 4.48. The van der Waals surface area contributed by atoms with E-state index in [0.717, 1.165) is 18.4 Å². The Morgan fingerprint density at radius 1 is 1.00 bits per heavy atom. The molecule has 8 heteroatoms. The quantitative estimate of drug-likeness (QED) is 0.803. The minimum absolute atomic E-state index is 0. The summed E-state index contributed by atoms with van der Waals surface area (Å²) in [5, 5.41) is 0. The SMILES string of the molecule is CS(=O)(=O)c1ccccc1S(=O)(=O)O.Cl. The maximum atomic E-state index is 11.1. The molecule has 0 amide bonds. The Hall–Kier alpha value is -0.630. The Labute approximate surface area is 94.2 Å². The van der Waals surface area contributed by atoms with Gasteiger partial charge in [0, 0.05) is 6.26 Å². The van der Waals surface area contributed by atoms with Gasteiger partial charge in [-0.3, -0.25) is 4.55 Å². The standard InChI is InChI=1S/C7H8O5S2.ClH/c1-13(8,9)6-4-2-3-5-7(6)14(10,11)12;/h2-5H,1H3,(H,10,11,12);1H. The van der Waals surface area contributed by atoms with Gasteiger partial charge in [0.05, 0.1) is 4.90 Å². The Bertz CT molecular complexity index is 495. The van der Waals surface area contributed by atoms with Gasteiger partial charge in [-0.25, -0.2) is 8.42 Å². The van der Waals surface area contributed by atoms with Gasteiger partial charge in [0.1, 0.15) is 4.90 Å². The number of halogens is 1. The van der Waals surface area contributed by atoms with Crippen molar-refractivity contribution in [2.75, 3.05) is 6.26 Å². The van der Waals surface area contributed by atoms with E-state index in [1.807, 2.05) is 0 Å². The molecule has 0 aliphatic rings. The monoisotopic (exact) mass is 272 g/mol. The lowest BCUT2D eigenvalue weighted by molar-refractivity contribution is 0.480. The molecule has 0 fully saturated rings. The molecule has 1 aromatic rings. The minimum atomic E-state index is -4.50. The third-order valence-electron chi connectivity index (χ3n) is 1.53. The van der Waals surface area contributed by atoms with Gasteiger partial charge >= 0.3 is 0 Å². The van der Waals surface area contributed by atoms with Crippen LogP contribution in [0.2, 0.25) is 0 Å². The molecule has 0 spiro atoms. The van der Waals surface area contributed by atoms with Crippen LogP contribution in [0.25, 0.3) is 0 Å². The normalized spacial score (nSPS) is 11.9. The van der Waals surface area contributed by atoms with Crippen molar-refractivity contribution in [3.63, 3.8) is 0 Å². The fraction of sp³-hybridized carbons (Fsp3) is 0.143. The van der Waals surface area contributed by atoms with Crippen molar-refractivity contribution in [2.24, 2.45) is 0 Å². The van der Waals surface area contributed by atoms with Crippen LogP contribution in [0.3, 0.4) is 0 Å². The van der Waals surface area contributed by atoms with Gasteiger partial charge in [-0.15, -0.1) is 12.4 Å². The molecule has 1 rings (SSSR count). The average molecular weight is 273 g/mol. The van der Waals surface area contributed by atoms with Crippen LogP contribution in [0.5, 0.6) is 0 Å². The van der Waals surface area contributed by atoms with Gasteiger partial charge in [0.25, 0.3) is 10.1 Å². The predicted octanol–water partition coefficient (Wildman–Crippen LogP) is 0.759. The summed E-state index contributed by atoms with van der Waals surface area (Å²) in [6.07, 6.45) is 0.872. The van der Waals surface area contributed by atoms with Crippen LogP contribution in [0.4, 0.5) is 0 Å². The van der Waals surface area contributed by atoms with E-state index in [0.29, 0.717) is 0 Å². The molecule has 0 atom stereocenters. The van der Waals surface area contributed by atoms with Crippen molar-refractivity contribution >= 4 is 32.4 Å². The predicted molar refractivity (Wildman–Crippen MR) is 56.6 cm³/mol. The van der Waals surface area contributed by atoms with E-state index in [1.54, 1.807) is 0 Å². The first-order valence-electron chi connectivity index (χ1n) is 3.49. The van der Waals surface area contributed by atoms with Gasteiger partial charge in [0.15, 0.2) is 9.84 Å². The summed E-state index contributed by atoms with van der Waals surface area (Å²) in [6, 6.07) is 4.87. The van der Waals surface area contributed by atoms with Crippen LogP contribution in [0.1, 0.15) is 0 Å². The van der Waals surface area contributed by atoms with Gasteiger partial charge in [0.2, 0.25) is 0 Å². The van der Waals surface area contributed by atoms with E-state index < -0.39 is 29.7 Å². The second-order valence-electron chi connectivity index (χ2n) is 2.69. The fourth-order valence-corrected chi connectivity index (χ4v) is 3.07. The van der Waals surface area contributed by atoms with Crippen molar-refractivity contribution < 1.29 is 21.4 Å². The number of rotatable bonds is 2. The molecule has 5 nitrogen and oxygen atoms in total. The molecule has 0 radical (unpaired) electrons. The molecule has 0 unspecified atom stereocenters. The maximum absolute atomic E-state index is 11.1. The summed E-state index contributed by atoms with van der Waals surface area (Å²) in [7, 11) is -8.15. The lowest BCUT2D eigenvalue weighted by Crippen LogP contribution is -2.07. The van der Waals surface area contributed by atoms with Gasteiger partial charge in [-0.2, -0.15) is 8.42 Å². The number of sulfone groups is 1. The summed E-state index contributed by atoms with van der Waals surface area (Å²) in [5.74, 6) is 0. The van der Waals surface area contributed by atoms with Crippen molar-refractivity contribution in [3.05, 3.63) is 24.3 Å². The topological polar surface area (TPSA) is 88.5 Å².